The van der Waals surface area contributed by atoms with Crippen molar-refractivity contribution >= 4 is 5.88 Å². The summed E-state index contributed by atoms with van der Waals surface area (Å²) in [7, 11) is 1.33. The highest BCUT2D eigenvalue weighted by molar-refractivity contribution is 5.65. The Bertz CT molecular complexity index is 525. The van der Waals surface area contributed by atoms with Crippen molar-refractivity contribution in [2.45, 2.75) is 0 Å². The van der Waals surface area contributed by atoms with Crippen molar-refractivity contribution in [3.63, 3.8) is 0 Å². The van der Waals surface area contributed by atoms with Crippen LogP contribution in [0.25, 0.3) is 11.3 Å². The third-order valence-corrected chi connectivity index (χ3v) is 2.07. The summed E-state index contributed by atoms with van der Waals surface area (Å²) < 4.78 is 22.8. The number of phenols is 1. The number of methoxy groups -OCH3 is 1. The first-order chi connectivity index (χ1) is 7.61. The zero-order valence-electron chi connectivity index (χ0n) is 8.40. The lowest BCUT2D eigenvalue weighted by Crippen LogP contribution is -1.89. The third-order valence-electron chi connectivity index (χ3n) is 2.07. The summed E-state index contributed by atoms with van der Waals surface area (Å²) in [4.78, 5) is 0. The molecule has 2 aromatic rings. The minimum absolute atomic E-state index is 0.0246. The molecular formula is C10H9FN2O3. The Morgan fingerprint density at radius 2 is 2.19 bits per heavy atom. The number of ether oxygens (including phenoxy) is 1. The molecule has 0 radical (unpaired) electrons. The molecule has 3 N–H and O–H groups in total. The summed E-state index contributed by atoms with van der Waals surface area (Å²) >= 11 is 0. The van der Waals surface area contributed by atoms with Gasteiger partial charge in [0.05, 0.1) is 7.11 Å². The molecule has 0 aliphatic heterocycles. The van der Waals surface area contributed by atoms with Gasteiger partial charge in [-0.3, -0.25) is 0 Å². The van der Waals surface area contributed by atoms with E-state index in [1.807, 2.05) is 0 Å². The zero-order valence-corrected chi connectivity index (χ0v) is 8.40. The summed E-state index contributed by atoms with van der Waals surface area (Å²) in [6.07, 6.45) is 0. The van der Waals surface area contributed by atoms with E-state index < -0.39 is 11.6 Å². The Morgan fingerprint density at radius 3 is 2.75 bits per heavy atom. The Kier molecular flexibility index (Phi) is 2.40. The number of nitrogens with two attached hydrogens (primary N) is 1. The molecule has 0 bridgehead atoms. The summed E-state index contributed by atoms with van der Waals surface area (Å²) in [6, 6.07) is 4.01. The van der Waals surface area contributed by atoms with E-state index in [2.05, 4.69) is 9.68 Å². The minimum atomic E-state index is -0.795. The average molecular weight is 224 g/mol. The predicted molar refractivity (Wildman–Crippen MR) is 54.5 cm³/mol. The molecule has 0 unspecified atom stereocenters. The van der Waals surface area contributed by atoms with Crippen molar-refractivity contribution < 1.29 is 18.8 Å². The van der Waals surface area contributed by atoms with Crippen molar-refractivity contribution in [1.29, 1.82) is 0 Å². The molecule has 16 heavy (non-hydrogen) atoms. The number of benzene rings is 1. The van der Waals surface area contributed by atoms with E-state index in [1.54, 1.807) is 0 Å². The van der Waals surface area contributed by atoms with Crippen molar-refractivity contribution in [2.24, 2.45) is 0 Å². The fourth-order valence-corrected chi connectivity index (χ4v) is 1.30. The quantitative estimate of drug-likeness (QED) is 0.812. The van der Waals surface area contributed by atoms with Gasteiger partial charge in [-0.25, -0.2) is 4.39 Å². The molecule has 0 amide bonds. The Balaban J connectivity index is 2.54. The van der Waals surface area contributed by atoms with E-state index in [9.17, 15) is 9.50 Å². The molecule has 0 fully saturated rings. The number of hydrogen-bond donors (Lipinski definition) is 2. The standard InChI is InChI=1S/C10H9FN2O3/c1-15-8-3-5(2-6(11)10(8)14)7-4-9(12)16-13-7/h2-4,14H,12H2,1H3. The molecule has 0 atom stereocenters. The van der Waals surface area contributed by atoms with Gasteiger partial charge in [0.2, 0.25) is 5.88 Å². The van der Waals surface area contributed by atoms with Gasteiger partial charge in [0.25, 0.3) is 0 Å². The van der Waals surface area contributed by atoms with Gasteiger partial charge >= 0.3 is 0 Å². The summed E-state index contributed by atoms with van der Waals surface area (Å²) in [6.45, 7) is 0. The lowest BCUT2D eigenvalue weighted by atomic mass is 10.1. The number of halogens is 1. The molecule has 1 aromatic carbocycles. The average Bonchev–Trinajstić information content (AvgIpc) is 2.69. The molecule has 84 valence electrons. The van der Waals surface area contributed by atoms with E-state index >= 15 is 0 Å². The van der Waals surface area contributed by atoms with Gasteiger partial charge in [0.15, 0.2) is 17.3 Å². The fourth-order valence-electron chi connectivity index (χ4n) is 1.30. The van der Waals surface area contributed by atoms with Crippen LogP contribution in [-0.4, -0.2) is 17.4 Å². The molecule has 0 saturated heterocycles. The third kappa shape index (κ3) is 1.65. The predicted octanol–water partition coefficient (Wildman–Crippen LogP) is 1.78. The first-order valence-electron chi connectivity index (χ1n) is 4.41. The van der Waals surface area contributed by atoms with Crippen LogP contribution < -0.4 is 10.5 Å². The second kappa shape index (κ2) is 3.73. The van der Waals surface area contributed by atoms with Crippen LogP contribution in [0.1, 0.15) is 0 Å². The topological polar surface area (TPSA) is 81.5 Å². The maximum Gasteiger partial charge on any atom is 0.222 e. The van der Waals surface area contributed by atoms with E-state index in [0.717, 1.165) is 6.07 Å². The molecule has 0 aliphatic rings. The van der Waals surface area contributed by atoms with E-state index in [0.29, 0.717) is 11.3 Å². The molecule has 1 heterocycles. The van der Waals surface area contributed by atoms with Gasteiger partial charge in [-0.1, -0.05) is 5.16 Å². The molecule has 2 rings (SSSR count). The van der Waals surface area contributed by atoms with Crippen LogP contribution in [0.5, 0.6) is 11.5 Å². The maximum atomic E-state index is 13.3. The molecular weight excluding hydrogens is 215 g/mol. The van der Waals surface area contributed by atoms with Crippen LogP contribution in [0.3, 0.4) is 0 Å². The highest BCUT2D eigenvalue weighted by Gasteiger charge is 2.13. The number of anilines is 1. The monoisotopic (exact) mass is 224 g/mol. The van der Waals surface area contributed by atoms with Gasteiger partial charge in [-0.2, -0.15) is 0 Å². The zero-order chi connectivity index (χ0) is 11.7. The van der Waals surface area contributed by atoms with Gasteiger partial charge in [0, 0.05) is 11.6 Å². The summed E-state index contributed by atoms with van der Waals surface area (Å²) in [5, 5.41) is 12.9. The van der Waals surface area contributed by atoms with Crippen molar-refractivity contribution in [2.75, 3.05) is 12.8 Å². The van der Waals surface area contributed by atoms with Crippen molar-refractivity contribution in [3.05, 3.63) is 24.0 Å². The lowest BCUT2D eigenvalue weighted by molar-refractivity contribution is 0.357. The Labute approximate surface area is 90.2 Å². The highest BCUT2D eigenvalue weighted by Crippen LogP contribution is 2.34. The molecule has 6 heteroatoms. The number of aromatic hydroxyl groups is 1. The van der Waals surface area contributed by atoms with Crippen LogP contribution in [0, 0.1) is 5.82 Å². The fraction of sp³-hybridized carbons (Fsp3) is 0.100. The highest BCUT2D eigenvalue weighted by atomic mass is 19.1. The van der Waals surface area contributed by atoms with Gasteiger partial charge in [-0.15, -0.1) is 0 Å². The smallest absolute Gasteiger partial charge is 0.222 e. The van der Waals surface area contributed by atoms with Gasteiger partial charge in [-0.05, 0) is 12.1 Å². The number of nitrogen functional groups attached to an aromatic ring is 1. The largest absolute Gasteiger partial charge is 0.502 e. The lowest BCUT2D eigenvalue weighted by Gasteiger charge is -2.05. The van der Waals surface area contributed by atoms with Crippen LogP contribution in [0.15, 0.2) is 22.7 Å². The Morgan fingerprint density at radius 1 is 1.44 bits per heavy atom. The molecule has 0 saturated carbocycles. The van der Waals surface area contributed by atoms with E-state index in [1.165, 1.54) is 19.2 Å². The second-order valence-corrected chi connectivity index (χ2v) is 3.12. The molecule has 5 nitrogen and oxygen atoms in total. The van der Waals surface area contributed by atoms with Crippen molar-refractivity contribution in [3.8, 4) is 22.8 Å². The van der Waals surface area contributed by atoms with Crippen LogP contribution in [0.2, 0.25) is 0 Å². The number of aromatic nitrogens is 1. The van der Waals surface area contributed by atoms with Gasteiger partial charge < -0.3 is 20.1 Å². The number of hydrogen-bond acceptors (Lipinski definition) is 5. The minimum Gasteiger partial charge on any atom is -0.502 e. The van der Waals surface area contributed by atoms with E-state index in [4.69, 9.17) is 10.5 Å². The Hall–Kier alpha value is -2.24. The molecule has 0 aliphatic carbocycles. The normalized spacial score (nSPS) is 10.4. The number of phenolic OH excluding ortho intramolecular Hbond substituents is 1. The number of nitrogens with zero attached hydrogens (tertiary/aromatic N) is 1. The summed E-state index contributed by atoms with van der Waals surface area (Å²) in [5.41, 5.74) is 6.13. The first-order valence-corrected chi connectivity index (χ1v) is 4.41. The van der Waals surface area contributed by atoms with Crippen LogP contribution in [-0.2, 0) is 0 Å². The van der Waals surface area contributed by atoms with Crippen LogP contribution >= 0.6 is 0 Å². The number of rotatable bonds is 2. The first kappa shape index (κ1) is 10.3. The summed E-state index contributed by atoms with van der Waals surface area (Å²) in [5.74, 6) is -1.18. The maximum absolute atomic E-state index is 13.3. The van der Waals surface area contributed by atoms with E-state index in [-0.39, 0.29) is 11.6 Å². The molecule has 1 aromatic heterocycles. The van der Waals surface area contributed by atoms with Crippen molar-refractivity contribution in [1.82, 2.24) is 5.16 Å². The van der Waals surface area contributed by atoms with Gasteiger partial charge in [0.1, 0.15) is 5.69 Å². The molecule has 0 spiro atoms. The second-order valence-electron chi connectivity index (χ2n) is 3.12. The van der Waals surface area contributed by atoms with Crippen LogP contribution in [0.4, 0.5) is 10.3 Å². The SMILES string of the molecule is COc1cc(-c2cc(N)on2)cc(F)c1O.